The molecular weight excluding hydrogens is 248 g/mol. The van der Waals surface area contributed by atoms with Crippen LogP contribution in [0.1, 0.15) is 27.7 Å². The Balaban J connectivity index is 2.73. The van der Waals surface area contributed by atoms with Gasteiger partial charge >= 0.3 is 12.0 Å². The van der Waals surface area contributed by atoms with Gasteiger partial charge in [0.1, 0.15) is 0 Å². The van der Waals surface area contributed by atoms with Gasteiger partial charge in [-0.3, -0.25) is 14.8 Å². The van der Waals surface area contributed by atoms with Crippen LogP contribution in [0.15, 0.2) is 12.3 Å². The molecule has 2 amide bonds. The van der Waals surface area contributed by atoms with E-state index in [1.165, 1.54) is 0 Å². The summed E-state index contributed by atoms with van der Waals surface area (Å²) in [5, 5.41) is 18.4. The smallest absolute Gasteiger partial charge is 0.320 e. The quantitative estimate of drug-likeness (QED) is 0.769. The number of carbonyl (C=O) groups is 2. The first-order chi connectivity index (χ1) is 8.56. The molecule has 0 spiro atoms. The molecule has 106 valence electrons. The van der Waals surface area contributed by atoms with Crippen LogP contribution in [0.3, 0.4) is 0 Å². The highest BCUT2D eigenvalue weighted by atomic mass is 16.4. The first kappa shape index (κ1) is 15.0. The second-order valence-electron chi connectivity index (χ2n) is 5.51. The van der Waals surface area contributed by atoms with Crippen molar-refractivity contribution in [2.24, 2.45) is 12.5 Å². The van der Waals surface area contributed by atoms with Crippen LogP contribution in [-0.2, 0) is 11.8 Å². The van der Waals surface area contributed by atoms with Gasteiger partial charge in [-0.05, 0) is 27.7 Å². The van der Waals surface area contributed by atoms with Crippen molar-refractivity contribution in [3.05, 3.63) is 12.3 Å². The third-order valence-electron chi connectivity index (χ3n) is 3.48. The number of aryl methyl sites for hydroxylation is 1. The van der Waals surface area contributed by atoms with Crippen molar-refractivity contribution in [3.63, 3.8) is 0 Å². The van der Waals surface area contributed by atoms with E-state index in [0.717, 1.165) is 0 Å². The van der Waals surface area contributed by atoms with Crippen LogP contribution in [0.5, 0.6) is 0 Å². The lowest BCUT2D eigenvalue weighted by molar-refractivity contribution is -0.150. The standard InChI is InChI=1S/C12H20N4O3/c1-11(2,9(17)18)12(3,4)14-10(19)13-8-6-7-16(5)15-8/h6-7H,1-5H3,(H,17,18)(H2,13,14,15,19). The predicted octanol–water partition coefficient (Wildman–Crippen LogP) is 1.43. The van der Waals surface area contributed by atoms with Crippen molar-refractivity contribution in [1.29, 1.82) is 0 Å². The molecule has 0 fully saturated rings. The van der Waals surface area contributed by atoms with E-state index in [-0.39, 0.29) is 0 Å². The van der Waals surface area contributed by atoms with Gasteiger partial charge in [0.15, 0.2) is 5.82 Å². The number of hydrogen-bond acceptors (Lipinski definition) is 3. The zero-order valence-electron chi connectivity index (χ0n) is 11.8. The minimum absolute atomic E-state index is 0.406. The van der Waals surface area contributed by atoms with Gasteiger partial charge in [-0.2, -0.15) is 5.10 Å². The van der Waals surface area contributed by atoms with Gasteiger partial charge in [0.2, 0.25) is 0 Å². The molecule has 0 saturated heterocycles. The maximum absolute atomic E-state index is 11.8. The molecule has 0 unspecified atom stereocenters. The monoisotopic (exact) mass is 268 g/mol. The van der Waals surface area contributed by atoms with E-state index in [4.69, 9.17) is 0 Å². The van der Waals surface area contributed by atoms with Gasteiger partial charge in [0, 0.05) is 19.3 Å². The number of hydrogen-bond donors (Lipinski definition) is 3. The average Bonchev–Trinajstić information content (AvgIpc) is 2.62. The fraction of sp³-hybridized carbons (Fsp3) is 0.583. The Kier molecular flexibility index (Phi) is 3.88. The molecule has 3 N–H and O–H groups in total. The summed E-state index contributed by atoms with van der Waals surface area (Å²) in [5.74, 6) is -0.570. The lowest BCUT2D eigenvalue weighted by atomic mass is 9.74. The normalized spacial score (nSPS) is 12.1. The molecule has 0 aliphatic carbocycles. The summed E-state index contributed by atoms with van der Waals surface area (Å²) in [4.78, 5) is 23.1. The maximum Gasteiger partial charge on any atom is 0.320 e. The number of urea groups is 1. The number of anilines is 1. The number of carbonyl (C=O) groups excluding carboxylic acids is 1. The minimum Gasteiger partial charge on any atom is -0.481 e. The highest BCUT2D eigenvalue weighted by molar-refractivity contribution is 5.89. The van der Waals surface area contributed by atoms with Gasteiger partial charge in [0.05, 0.1) is 11.0 Å². The van der Waals surface area contributed by atoms with Crippen molar-refractivity contribution in [2.45, 2.75) is 33.2 Å². The molecule has 0 saturated carbocycles. The second kappa shape index (κ2) is 4.91. The van der Waals surface area contributed by atoms with E-state index in [1.54, 1.807) is 51.7 Å². The zero-order chi connectivity index (χ0) is 14.8. The van der Waals surface area contributed by atoms with Crippen LogP contribution >= 0.6 is 0 Å². The SMILES string of the molecule is Cn1ccc(NC(=O)NC(C)(C)C(C)(C)C(=O)O)n1. The zero-order valence-corrected chi connectivity index (χ0v) is 11.8. The minimum atomic E-state index is -1.10. The lowest BCUT2D eigenvalue weighted by Gasteiger charge is -2.38. The molecule has 1 aromatic heterocycles. The van der Waals surface area contributed by atoms with Crippen LogP contribution in [0, 0.1) is 5.41 Å². The van der Waals surface area contributed by atoms with Crippen LogP contribution in [0.2, 0.25) is 0 Å². The Morgan fingerprint density at radius 3 is 2.32 bits per heavy atom. The van der Waals surface area contributed by atoms with Gasteiger partial charge in [-0.25, -0.2) is 4.79 Å². The number of nitrogens with zero attached hydrogens (tertiary/aromatic N) is 2. The number of carboxylic acid groups (broad SMARTS) is 1. The summed E-state index contributed by atoms with van der Waals surface area (Å²) in [5.41, 5.74) is -2.02. The van der Waals surface area contributed by atoms with Crippen molar-refractivity contribution in [2.75, 3.05) is 5.32 Å². The van der Waals surface area contributed by atoms with Crippen LogP contribution in [0.4, 0.5) is 10.6 Å². The summed E-state index contributed by atoms with van der Waals surface area (Å²) in [6.45, 7) is 6.46. The van der Waals surface area contributed by atoms with E-state index >= 15 is 0 Å². The predicted molar refractivity (Wildman–Crippen MR) is 70.9 cm³/mol. The molecule has 19 heavy (non-hydrogen) atoms. The Morgan fingerprint density at radius 1 is 1.32 bits per heavy atom. The topological polar surface area (TPSA) is 96.2 Å². The molecule has 1 rings (SSSR count). The summed E-state index contributed by atoms with van der Waals surface area (Å²) in [6, 6.07) is 1.16. The molecule has 0 aliphatic heterocycles. The Bertz CT molecular complexity index is 491. The molecule has 0 atom stereocenters. The molecular formula is C12H20N4O3. The van der Waals surface area contributed by atoms with E-state index in [2.05, 4.69) is 15.7 Å². The number of aromatic nitrogens is 2. The first-order valence-corrected chi connectivity index (χ1v) is 5.88. The van der Waals surface area contributed by atoms with Gasteiger partial charge < -0.3 is 10.4 Å². The number of rotatable bonds is 4. The van der Waals surface area contributed by atoms with E-state index in [0.29, 0.717) is 5.82 Å². The van der Waals surface area contributed by atoms with E-state index < -0.39 is 23.0 Å². The van der Waals surface area contributed by atoms with E-state index in [9.17, 15) is 14.7 Å². The summed E-state index contributed by atoms with van der Waals surface area (Å²) < 4.78 is 1.56. The summed E-state index contributed by atoms with van der Waals surface area (Å²) in [6.07, 6.45) is 1.70. The fourth-order valence-electron chi connectivity index (χ4n) is 1.34. The summed E-state index contributed by atoms with van der Waals surface area (Å²) in [7, 11) is 1.74. The Morgan fingerprint density at radius 2 is 1.89 bits per heavy atom. The number of carboxylic acids is 1. The molecule has 0 radical (unpaired) electrons. The summed E-state index contributed by atoms with van der Waals surface area (Å²) >= 11 is 0. The number of nitrogens with one attached hydrogen (secondary N) is 2. The second-order valence-corrected chi connectivity index (χ2v) is 5.51. The number of amides is 2. The Labute approximate surface area is 112 Å². The third kappa shape index (κ3) is 3.24. The van der Waals surface area contributed by atoms with Crippen LogP contribution in [-0.4, -0.2) is 32.4 Å². The Hall–Kier alpha value is -2.05. The maximum atomic E-state index is 11.8. The molecule has 1 heterocycles. The molecule has 0 bridgehead atoms. The van der Waals surface area contributed by atoms with Crippen molar-refractivity contribution < 1.29 is 14.7 Å². The highest BCUT2D eigenvalue weighted by Gasteiger charge is 2.44. The third-order valence-corrected chi connectivity index (χ3v) is 3.48. The molecule has 7 nitrogen and oxygen atoms in total. The largest absolute Gasteiger partial charge is 0.481 e. The number of aliphatic carboxylic acids is 1. The molecule has 0 aromatic carbocycles. The van der Waals surface area contributed by atoms with E-state index in [1.807, 2.05) is 0 Å². The van der Waals surface area contributed by atoms with Gasteiger partial charge in [0.25, 0.3) is 0 Å². The van der Waals surface area contributed by atoms with Gasteiger partial charge in [-0.15, -0.1) is 0 Å². The highest BCUT2D eigenvalue weighted by Crippen LogP contribution is 2.30. The lowest BCUT2D eigenvalue weighted by Crippen LogP contribution is -2.57. The first-order valence-electron chi connectivity index (χ1n) is 5.88. The van der Waals surface area contributed by atoms with Crippen LogP contribution in [0.25, 0.3) is 0 Å². The molecule has 0 aliphatic rings. The molecule has 7 heteroatoms. The van der Waals surface area contributed by atoms with Crippen LogP contribution < -0.4 is 10.6 Å². The molecule has 1 aromatic rings. The van der Waals surface area contributed by atoms with Crippen molar-refractivity contribution >= 4 is 17.8 Å². The van der Waals surface area contributed by atoms with Gasteiger partial charge in [-0.1, -0.05) is 0 Å². The average molecular weight is 268 g/mol. The van der Waals surface area contributed by atoms with Crippen molar-refractivity contribution in [3.8, 4) is 0 Å². The fourth-order valence-corrected chi connectivity index (χ4v) is 1.34. The van der Waals surface area contributed by atoms with Crippen molar-refractivity contribution in [1.82, 2.24) is 15.1 Å².